The lowest BCUT2D eigenvalue weighted by Gasteiger charge is -2.28. The maximum absolute atomic E-state index is 14.8. The molecule has 0 saturated heterocycles. The van der Waals surface area contributed by atoms with E-state index in [4.69, 9.17) is 4.98 Å². The van der Waals surface area contributed by atoms with E-state index in [-0.39, 0.29) is 18.3 Å². The van der Waals surface area contributed by atoms with Crippen molar-refractivity contribution in [2.24, 2.45) is 0 Å². The molecule has 10 heteroatoms. The van der Waals surface area contributed by atoms with Crippen LogP contribution in [-0.2, 0) is 13.0 Å². The Morgan fingerprint density at radius 1 is 1.21 bits per heavy atom. The van der Waals surface area contributed by atoms with Gasteiger partial charge in [-0.3, -0.25) is 10.3 Å². The van der Waals surface area contributed by atoms with Crippen LogP contribution in [0.1, 0.15) is 36.7 Å². The Morgan fingerprint density at radius 2 is 2.06 bits per heavy atom. The summed E-state index contributed by atoms with van der Waals surface area (Å²) in [7, 11) is 1.97. The summed E-state index contributed by atoms with van der Waals surface area (Å²) in [5, 5.41) is 7.22. The zero-order valence-electron chi connectivity index (χ0n) is 19.6. The summed E-state index contributed by atoms with van der Waals surface area (Å²) in [6, 6.07) is 7.86. The van der Waals surface area contributed by atoms with Crippen molar-refractivity contribution >= 4 is 23.7 Å². The average molecular weight is 485 g/mol. The minimum atomic E-state index is -0.532. The second-order valence-corrected chi connectivity index (χ2v) is 8.81. The summed E-state index contributed by atoms with van der Waals surface area (Å²) < 4.78 is 16.7. The Balaban J connectivity index is 0.00000274. The lowest BCUT2D eigenvalue weighted by molar-refractivity contribution is 0.254. The van der Waals surface area contributed by atoms with E-state index in [9.17, 15) is 4.39 Å². The van der Waals surface area contributed by atoms with E-state index in [2.05, 4.69) is 45.6 Å². The minimum absolute atomic E-state index is 0. The van der Waals surface area contributed by atoms with Crippen molar-refractivity contribution in [2.45, 2.75) is 32.7 Å². The second kappa shape index (κ2) is 10.1. The zero-order chi connectivity index (χ0) is 22.9. The fraction of sp³-hybridized carbons (Fsp3) is 0.375. The SMILES string of the molecule is CNCCN1CCc2nc(Nn3cc(-c4ccn5cnc(C(C)C)c5c4)c(F)n3)ccc2C1.Cl. The molecule has 8 nitrogen and oxygen atoms in total. The van der Waals surface area contributed by atoms with Crippen LogP contribution < -0.4 is 10.7 Å². The fourth-order valence-corrected chi connectivity index (χ4v) is 4.34. The van der Waals surface area contributed by atoms with E-state index in [1.165, 1.54) is 10.4 Å². The van der Waals surface area contributed by atoms with Crippen molar-refractivity contribution in [2.75, 3.05) is 32.1 Å². The Kier molecular flexibility index (Phi) is 7.16. The molecule has 1 aliphatic rings. The maximum Gasteiger partial charge on any atom is 0.242 e. The van der Waals surface area contributed by atoms with Gasteiger partial charge in [-0.25, -0.2) is 9.97 Å². The number of nitrogens with zero attached hydrogens (tertiary/aromatic N) is 6. The van der Waals surface area contributed by atoms with E-state index in [0.717, 1.165) is 55.1 Å². The molecule has 4 aromatic rings. The van der Waals surface area contributed by atoms with E-state index in [0.29, 0.717) is 11.4 Å². The number of rotatable bonds is 7. The van der Waals surface area contributed by atoms with Crippen molar-refractivity contribution in [3.63, 3.8) is 0 Å². The second-order valence-electron chi connectivity index (χ2n) is 8.81. The summed E-state index contributed by atoms with van der Waals surface area (Å²) in [6.45, 7) is 8.09. The first kappa shape index (κ1) is 24.1. The quantitative estimate of drug-likeness (QED) is 0.416. The lowest BCUT2D eigenvalue weighted by atomic mass is 10.1. The number of aromatic nitrogens is 5. The Labute approximate surface area is 204 Å². The summed E-state index contributed by atoms with van der Waals surface area (Å²) in [6.07, 6.45) is 6.25. The normalized spacial score (nSPS) is 13.8. The molecule has 5 heterocycles. The van der Waals surface area contributed by atoms with Gasteiger partial charge in [0.15, 0.2) is 0 Å². The fourth-order valence-electron chi connectivity index (χ4n) is 4.34. The third-order valence-electron chi connectivity index (χ3n) is 6.13. The Morgan fingerprint density at radius 3 is 2.85 bits per heavy atom. The van der Waals surface area contributed by atoms with Gasteiger partial charge >= 0.3 is 0 Å². The van der Waals surface area contributed by atoms with Crippen molar-refractivity contribution in [1.82, 2.24) is 34.5 Å². The highest BCUT2D eigenvalue weighted by Gasteiger charge is 2.18. The van der Waals surface area contributed by atoms with Crippen LogP contribution in [-0.4, -0.2) is 55.8 Å². The van der Waals surface area contributed by atoms with Gasteiger partial charge in [-0.1, -0.05) is 19.9 Å². The summed E-state index contributed by atoms with van der Waals surface area (Å²) in [5.41, 5.74) is 8.59. The highest BCUT2D eigenvalue weighted by molar-refractivity contribution is 5.85. The molecule has 0 bridgehead atoms. The summed E-state index contributed by atoms with van der Waals surface area (Å²) in [5.74, 6) is 0.403. The topological polar surface area (TPSA) is 75.3 Å². The average Bonchev–Trinajstić information content (AvgIpc) is 3.40. The molecule has 5 rings (SSSR count). The first-order valence-corrected chi connectivity index (χ1v) is 11.4. The predicted molar refractivity (Wildman–Crippen MR) is 134 cm³/mol. The highest BCUT2D eigenvalue weighted by atomic mass is 35.5. The minimum Gasteiger partial charge on any atom is -0.318 e. The van der Waals surface area contributed by atoms with Crippen LogP contribution in [0.5, 0.6) is 0 Å². The number of imidazole rings is 1. The van der Waals surface area contributed by atoms with E-state index < -0.39 is 5.95 Å². The molecule has 4 aromatic heterocycles. The third kappa shape index (κ3) is 4.77. The van der Waals surface area contributed by atoms with Gasteiger partial charge in [0, 0.05) is 44.5 Å². The molecule has 0 amide bonds. The van der Waals surface area contributed by atoms with Crippen LogP contribution in [0.4, 0.5) is 10.2 Å². The highest BCUT2D eigenvalue weighted by Crippen LogP contribution is 2.27. The maximum atomic E-state index is 14.8. The van der Waals surface area contributed by atoms with Gasteiger partial charge < -0.3 is 9.72 Å². The largest absolute Gasteiger partial charge is 0.318 e. The van der Waals surface area contributed by atoms with Crippen molar-refractivity contribution < 1.29 is 4.39 Å². The van der Waals surface area contributed by atoms with Gasteiger partial charge in [0.25, 0.3) is 0 Å². The van der Waals surface area contributed by atoms with Crippen LogP contribution in [0, 0.1) is 5.95 Å². The number of pyridine rings is 2. The number of anilines is 1. The number of fused-ring (bicyclic) bond motifs is 2. The monoisotopic (exact) mass is 484 g/mol. The van der Waals surface area contributed by atoms with Gasteiger partial charge in [-0.15, -0.1) is 17.5 Å². The lowest BCUT2D eigenvalue weighted by Crippen LogP contribution is -2.35. The van der Waals surface area contributed by atoms with Gasteiger partial charge in [0.1, 0.15) is 5.82 Å². The number of hydrogen-bond donors (Lipinski definition) is 2. The summed E-state index contributed by atoms with van der Waals surface area (Å²) in [4.78, 5) is 13.1. The summed E-state index contributed by atoms with van der Waals surface area (Å²) >= 11 is 0. The standard InChI is InChI=1S/C24H29FN8.ClH/c1-16(2)23-21-12-17(6-10-32(21)15-27-23)19-14-33(30-24(19)25)29-22-5-4-18-13-31(11-8-26-3)9-7-20(18)28-22;/h4-6,10,12,14-16,26H,7-9,11,13H2,1-3H3,(H,28,29);1H. The van der Waals surface area contributed by atoms with Crippen molar-refractivity contribution in [1.29, 1.82) is 0 Å². The molecule has 1 aliphatic heterocycles. The molecule has 0 atom stereocenters. The van der Waals surface area contributed by atoms with Crippen LogP contribution in [0.2, 0.25) is 0 Å². The van der Waals surface area contributed by atoms with Gasteiger partial charge in [0.05, 0.1) is 29.3 Å². The molecule has 0 saturated carbocycles. The molecule has 0 fully saturated rings. The number of halogens is 2. The number of hydrogen-bond acceptors (Lipinski definition) is 6. The van der Waals surface area contributed by atoms with E-state index >= 15 is 0 Å². The molecule has 34 heavy (non-hydrogen) atoms. The molecule has 0 aromatic carbocycles. The Bertz CT molecular complexity index is 1280. The molecular formula is C24H30ClFN8. The number of likely N-dealkylation sites (N-methyl/N-ethyl adjacent to an activating group) is 1. The first-order chi connectivity index (χ1) is 16.0. The van der Waals surface area contributed by atoms with E-state index in [1.807, 2.05) is 35.8 Å². The van der Waals surface area contributed by atoms with Crippen molar-refractivity contribution in [3.05, 3.63) is 65.9 Å². The van der Waals surface area contributed by atoms with Gasteiger partial charge in [-0.2, -0.15) is 9.18 Å². The van der Waals surface area contributed by atoms with E-state index in [1.54, 1.807) is 12.5 Å². The van der Waals surface area contributed by atoms with Crippen LogP contribution >= 0.6 is 12.4 Å². The van der Waals surface area contributed by atoms with Gasteiger partial charge in [-0.05, 0) is 42.3 Å². The molecule has 180 valence electrons. The smallest absolute Gasteiger partial charge is 0.242 e. The molecule has 2 N–H and O–H groups in total. The van der Waals surface area contributed by atoms with Crippen molar-refractivity contribution in [3.8, 4) is 11.1 Å². The van der Waals surface area contributed by atoms with Crippen LogP contribution in [0.15, 0.2) is 43.0 Å². The number of nitrogens with one attached hydrogen (secondary N) is 2. The predicted octanol–water partition coefficient (Wildman–Crippen LogP) is 3.73. The van der Waals surface area contributed by atoms with Gasteiger partial charge in [0.2, 0.25) is 5.95 Å². The van der Waals surface area contributed by atoms with Crippen LogP contribution in [0.3, 0.4) is 0 Å². The third-order valence-corrected chi connectivity index (χ3v) is 6.13. The molecule has 0 radical (unpaired) electrons. The molecule has 0 aliphatic carbocycles. The molecule has 0 unspecified atom stereocenters. The zero-order valence-corrected chi connectivity index (χ0v) is 20.4. The first-order valence-electron chi connectivity index (χ1n) is 11.4. The molecular weight excluding hydrogens is 455 g/mol. The molecule has 0 spiro atoms. The Hall–Kier alpha value is -3.01. The van der Waals surface area contributed by atoms with Crippen LogP contribution in [0.25, 0.3) is 16.6 Å².